The first-order valence-electron chi connectivity index (χ1n) is 6.15. The van der Waals surface area contributed by atoms with Crippen LogP contribution in [0.1, 0.15) is 58.3 Å². The summed E-state index contributed by atoms with van der Waals surface area (Å²) in [6.45, 7) is 1.59. The Hall–Kier alpha value is -0.800. The van der Waals surface area contributed by atoms with Crippen LogP contribution in [0, 0.1) is 0 Å². The fraction of sp³-hybridized carbons (Fsp3) is 0.769. The molecule has 100 valence electrons. The number of halogens is 3. The monoisotopic (exact) mass is 250 g/mol. The van der Waals surface area contributed by atoms with Crippen molar-refractivity contribution in [3.05, 3.63) is 12.2 Å². The first-order valence-corrected chi connectivity index (χ1v) is 6.15. The molecular weight excluding hydrogens is 229 g/mol. The summed E-state index contributed by atoms with van der Waals surface area (Å²) in [6, 6.07) is 0. The van der Waals surface area contributed by atoms with E-state index in [0.29, 0.717) is 18.9 Å². The third kappa shape index (κ3) is 15.2. The lowest BCUT2D eigenvalue weighted by Gasteiger charge is -2.00. The Labute approximate surface area is 101 Å². The van der Waals surface area contributed by atoms with Crippen molar-refractivity contribution in [2.24, 2.45) is 0 Å². The minimum Gasteiger partial charge on any atom is -0.300 e. The third-order valence-corrected chi connectivity index (χ3v) is 2.46. The number of Topliss-reactive ketones (excluding diaryl/α,β-unsaturated/α-hetero) is 1. The Morgan fingerprint density at radius 1 is 1.00 bits per heavy atom. The van der Waals surface area contributed by atoms with Crippen LogP contribution in [0.25, 0.3) is 0 Å². The lowest BCUT2D eigenvalue weighted by Crippen LogP contribution is -2.00. The normalized spacial score (nSPS) is 12.2. The Morgan fingerprint density at radius 3 is 2.06 bits per heavy atom. The molecule has 0 aliphatic carbocycles. The van der Waals surface area contributed by atoms with Crippen LogP contribution in [-0.2, 0) is 4.79 Å². The molecule has 0 amide bonds. The molecule has 0 aliphatic heterocycles. The largest absolute Gasteiger partial charge is 0.409 e. The van der Waals surface area contributed by atoms with Gasteiger partial charge in [0, 0.05) is 12.5 Å². The number of carbonyl (C=O) groups excluding carboxylic acids is 1. The summed E-state index contributed by atoms with van der Waals surface area (Å²) < 4.78 is 35.2. The Bertz CT molecular complexity index is 231. The number of hydrogen-bond donors (Lipinski definition) is 0. The number of alkyl halides is 3. The van der Waals surface area contributed by atoms with Crippen LogP contribution in [0.15, 0.2) is 12.2 Å². The number of hydrogen-bond acceptors (Lipinski definition) is 1. The van der Waals surface area contributed by atoms with E-state index >= 15 is 0 Å². The highest BCUT2D eigenvalue weighted by molar-refractivity contribution is 5.75. The smallest absolute Gasteiger partial charge is 0.300 e. The van der Waals surface area contributed by atoms with Gasteiger partial charge in [0.05, 0.1) is 0 Å². The van der Waals surface area contributed by atoms with Crippen LogP contribution in [0.3, 0.4) is 0 Å². The van der Waals surface area contributed by atoms with Gasteiger partial charge < -0.3 is 4.79 Å². The summed E-state index contributed by atoms with van der Waals surface area (Å²) in [5.74, 6) is 0.224. The fourth-order valence-corrected chi connectivity index (χ4v) is 1.56. The van der Waals surface area contributed by atoms with E-state index in [0.717, 1.165) is 38.5 Å². The quantitative estimate of drug-likeness (QED) is 0.423. The summed E-state index contributed by atoms with van der Waals surface area (Å²) in [7, 11) is 0. The van der Waals surface area contributed by atoms with Gasteiger partial charge in [0.25, 0.3) is 0 Å². The highest BCUT2D eigenvalue weighted by Gasteiger charge is 2.21. The average molecular weight is 250 g/mol. The summed E-state index contributed by atoms with van der Waals surface area (Å²) in [4.78, 5) is 10.6. The summed E-state index contributed by atoms with van der Waals surface area (Å²) in [5, 5.41) is 0. The van der Waals surface area contributed by atoms with Gasteiger partial charge in [0.15, 0.2) is 0 Å². The Morgan fingerprint density at radius 2 is 1.53 bits per heavy atom. The zero-order valence-electron chi connectivity index (χ0n) is 10.4. The second kappa shape index (κ2) is 9.25. The maximum Gasteiger partial charge on any atom is 0.409 e. The zero-order chi connectivity index (χ0) is 13.1. The zero-order valence-corrected chi connectivity index (χ0v) is 10.4. The van der Waals surface area contributed by atoms with E-state index in [1.807, 2.05) is 0 Å². The Balaban J connectivity index is 3.19. The van der Waals surface area contributed by atoms with Gasteiger partial charge in [-0.25, -0.2) is 0 Å². The first-order chi connectivity index (χ1) is 7.92. The molecule has 17 heavy (non-hydrogen) atoms. The van der Waals surface area contributed by atoms with E-state index in [1.165, 1.54) is 6.08 Å². The molecule has 0 saturated heterocycles. The van der Waals surface area contributed by atoms with Crippen molar-refractivity contribution in [1.29, 1.82) is 0 Å². The maximum absolute atomic E-state index is 11.7. The van der Waals surface area contributed by atoms with Crippen molar-refractivity contribution in [2.45, 2.75) is 64.5 Å². The van der Waals surface area contributed by atoms with Crippen LogP contribution in [0.5, 0.6) is 0 Å². The van der Waals surface area contributed by atoms with Crippen LogP contribution < -0.4 is 0 Å². The average Bonchev–Trinajstić information content (AvgIpc) is 2.18. The van der Waals surface area contributed by atoms with Crippen molar-refractivity contribution in [3.63, 3.8) is 0 Å². The molecular formula is C13H21F3O. The highest BCUT2D eigenvalue weighted by Crippen LogP contribution is 2.17. The molecule has 0 aromatic carbocycles. The van der Waals surface area contributed by atoms with E-state index < -0.39 is 6.18 Å². The summed E-state index contributed by atoms with van der Waals surface area (Å²) in [5.41, 5.74) is 0. The molecule has 0 heterocycles. The molecule has 4 heteroatoms. The van der Waals surface area contributed by atoms with E-state index in [2.05, 4.69) is 0 Å². The minimum absolute atomic E-state index is 0.224. The van der Waals surface area contributed by atoms with Gasteiger partial charge in [-0.15, -0.1) is 0 Å². The number of ketones is 1. The van der Waals surface area contributed by atoms with Crippen LogP contribution in [0.2, 0.25) is 0 Å². The predicted molar refractivity (Wildman–Crippen MR) is 62.8 cm³/mol. The molecule has 0 bridgehead atoms. The molecule has 0 aromatic rings. The van der Waals surface area contributed by atoms with E-state index in [1.54, 1.807) is 6.92 Å². The second-order valence-corrected chi connectivity index (χ2v) is 4.31. The lowest BCUT2D eigenvalue weighted by atomic mass is 10.1. The SMILES string of the molecule is CC(=O)CCCCCCCC/C=C/C(F)(F)F. The number of carbonyl (C=O) groups is 1. The summed E-state index contributed by atoms with van der Waals surface area (Å²) >= 11 is 0. The molecule has 0 rings (SSSR count). The van der Waals surface area contributed by atoms with E-state index in [-0.39, 0.29) is 5.78 Å². The molecule has 1 nitrogen and oxygen atoms in total. The fourth-order valence-electron chi connectivity index (χ4n) is 1.56. The molecule has 0 saturated carbocycles. The van der Waals surface area contributed by atoms with E-state index in [4.69, 9.17) is 0 Å². The van der Waals surface area contributed by atoms with Crippen molar-refractivity contribution >= 4 is 5.78 Å². The Kier molecular flexibility index (Phi) is 8.82. The van der Waals surface area contributed by atoms with Gasteiger partial charge in [-0.1, -0.05) is 31.8 Å². The van der Waals surface area contributed by atoms with Gasteiger partial charge in [-0.05, 0) is 26.2 Å². The topological polar surface area (TPSA) is 17.1 Å². The molecule has 0 N–H and O–H groups in total. The van der Waals surface area contributed by atoms with Crippen LogP contribution >= 0.6 is 0 Å². The van der Waals surface area contributed by atoms with Gasteiger partial charge in [0.1, 0.15) is 5.78 Å². The predicted octanol–water partition coefficient (Wildman–Crippen LogP) is 4.81. The molecule has 0 fully saturated rings. The number of allylic oxidation sites excluding steroid dienone is 2. The standard InChI is InChI=1S/C13H21F3O/c1-12(17)10-8-6-4-2-3-5-7-9-11-13(14,15)16/h9,11H,2-8,10H2,1H3/b11-9+. The molecule has 0 aromatic heterocycles. The van der Waals surface area contributed by atoms with Crippen molar-refractivity contribution in [3.8, 4) is 0 Å². The molecule has 0 atom stereocenters. The lowest BCUT2D eigenvalue weighted by molar-refractivity contribution is -0.117. The van der Waals surface area contributed by atoms with Gasteiger partial charge >= 0.3 is 6.18 Å². The molecule has 0 radical (unpaired) electrons. The summed E-state index contributed by atoms with van der Waals surface area (Å²) in [6.07, 6.45) is 4.31. The molecule has 0 unspecified atom stereocenters. The van der Waals surface area contributed by atoms with Crippen molar-refractivity contribution in [2.75, 3.05) is 0 Å². The van der Waals surface area contributed by atoms with Crippen molar-refractivity contribution in [1.82, 2.24) is 0 Å². The van der Waals surface area contributed by atoms with Gasteiger partial charge in [0.2, 0.25) is 0 Å². The first kappa shape index (κ1) is 16.2. The number of rotatable bonds is 9. The molecule has 0 aliphatic rings. The second-order valence-electron chi connectivity index (χ2n) is 4.31. The maximum atomic E-state index is 11.7. The van der Waals surface area contributed by atoms with Crippen LogP contribution in [-0.4, -0.2) is 12.0 Å². The highest BCUT2D eigenvalue weighted by atomic mass is 19.4. The van der Waals surface area contributed by atoms with Crippen LogP contribution in [0.4, 0.5) is 13.2 Å². The van der Waals surface area contributed by atoms with Gasteiger partial charge in [-0.3, -0.25) is 0 Å². The number of unbranched alkanes of at least 4 members (excludes halogenated alkanes) is 6. The third-order valence-electron chi connectivity index (χ3n) is 2.46. The van der Waals surface area contributed by atoms with Crippen molar-refractivity contribution < 1.29 is 18.0 Å². The van der Waals surface area contributed by atoms with Gasteiger partial charge in [-0.2, -0.15) is 13.2 Å². The molecule has 0 spiro atoms. The van der Waals surface area contributed by atoms with E-state index in [9.17, 15) is 18.0 Å². The minimum atomic E-state index is -4.17.